The van der Waals surface area contributed by atoms with Crippen LogP contribution in [0.4, 0.5) is 0 Å². The van der Waals surface area contributed by atoms with Crippen LogP contribution in [0.25, 0.3) is 0 Å². The smallest absolute Gasteiger partial charge is 0.105 e. The van der Waals surface area contributed by atoms with Crippen molar-refractivity contribution in [1.82, 2.24) is 4.90 Å². The molecular formula is C14H14N2O. The summed E-state index contributed by atoms with van der Waals surface area (Å²) in [6.07, 6.45) is 7.71. The number of nitrogens with zero attached hydrogens (tertiary/aromatic N) is 2. The van der Waals surface area contributed by atoms with Gasteiger partial charge in [-0.25, -0.2) is 0 Å². The molecule has 3 heteroatoms. The zero-order valence-corrected chi connectivity index (χ0v) is 9.71. The molecule has 0 aliphatic carbocycles. The zero-order chi connectivity index (χ0) is 12.1. The van der Waals surface area contributed by atoms with Gasteiger partial charge in [0.15, 0.2) is 0 Å². The Hall–Kier alpha value is -2.16. The maximum Gasteiger partial charge on any atom is 0.105 e. The van der Waals surface area contributed by atoms with Gasteiger partial charge in [-0.2, -0.15) is 0 Å². The summed E-state index contributed by atoms with van der Waals surface area (Å²) in [6, 6.07) is 10.1. The van der Waals surface area contributed by atoms with Crippen LogP contribution in [0.3, 0.4) is 0 Å². The van der Waals surface area contributed by atoms with Crippen molar-refractivity contribution in [2.45, 2.75) is 13.5 Å². The molecule has 1 heterocycles. The van der Waals surface area contributed by atoms with Crippen LogP contribution in [0.2, 0.25) is 0 Å². The highest BCUT2D eigenvalue weighted by Gasteiger charge is 2.10. The minimum absolute atomic E-state index is 0.501. The van der Waals surface area contributed by atoms with Crippen molar-refractivity contribution in [3.8, 4) is 0 Å². The van der Waals surface area contributed by atoms with E-state index in [0.717, 1.165) is 12.2 Å². The summed E-state index contributed by atoms with van der Waals surface area (Å²) >= 11 is 0. The predicted molar refractivity (Wildman–Crippen MR) is 68.8 cm³/mol. The molecule has 1 aromatic rings. The number of rotatable bonds is 3. The summed E-state index contributed by atoms with van der Waals surface area (Å²) in [5.41, 5.74) is 2.55. The molecule has 0 atom stereocenters. The Morgan fingerprint density at radius 1 is 1.24 bits per heavy atom. The fraction of sp³-hybridized carbons (Fsp3) is 0.143. The Morgan fingerprint density at radius 3 is 2.71 bits per heavy atom. The molecule has 0 saturated heterocycles. The average molecular weight is 226 g/mol. The van der Waals surface area contributed by atoms with Crippen molar-refractivity contribution >= 4 is 0 Å². The van der Waals surface area contributed by atoms with Gasteiger partial charge in [-0.15, -0.1) is 4.91 Å². The first-order chi connectivity index (χ1) is 8.31. The standard InChI is InChI=1S/C14H14N2O/c1-12(15-17)14-9-5-6-10-16(14)11-13-7-3-2-4-8-13/h2-10H,11H2,1H3/b14-12-. The molecule has 0 unspecified atom stereocenters. The highest BCUT2D eigenvalue weighted by atomic mass is 16.3. The lowest BCUT2D eigenvalue weighted by atomic mass is 10.1. The number of benzene rings is 1. The SMILES string of the molecule is C/C(N=O)=C1\C=CC=CN1Cc1ccccc1. The van der Waals surface area contributed by atoms with E-state index < -0.39 is 0 Å². The van der Waals surface area contributed by atoms with Crippen molar-refractivity contribution in [2.75, 3.05) is 0 Å². The minimum Gasteiger partial charge on any atom is -0.342 e. The predicted octanol–water partition coefficient (Wildman–Crippen LogP) is 3.57. The Balaban J connectivity index is 2.23. The Morgan fingerprint density at radius 2 is 2.00 bits per heavy atom. The van der Waals surface area contributed by atoms with E-state index >= 15 is 0 Å². The van der Waals surface area contributed by atoms with Crippen molar-refractivity contribution in [3.63, 3.8) is 0 Å². The van der Waals surface area contributed by atoms with Crippen LogP contribution < -0.4 is 0 Å². The van der Waals surface area contributed by atoms with Crippen LogP contribution >= 0.6 is 0 Å². The van der Waals surface area contributed by atoms with E-state index in [0.29, 0.717) is 5.70 Å². The summed E-state index contributed by atoms with van der Waals surface area (Å²) in [7, 11) is 0. The van der Waals surface area contributed by atoms with E-state index in [-0.39, 0.29) is 0 Å². The lowest BCUT2D eigenvalue weighted by Gasteiger charge is -2.24. The number of allylic oxidation sites excluding steroid dienone is 4. The van der Waals surface area contributed by atoms with Crippen molar-refractivity contribution in [3.05, 3.63) is 76.6 Å². The molecular weight excluding hydrogens is 212 g/mol. The highest BCUT2D eigenvalue weighted by molar-refractivity contribution is 5.32. The molecule has 3 nitrogen and oxygen atoms in total. The second kappa shape index (κ2) is 5.25. The van der Waals surface area contributed by atoms with Gasteiger partial charge < -0.3 is 4.90 Å². The van der Waals surface area contributed by atoms with Gasteiger partial charge in [-0.1, -0.05) is 36.4 Å². The fourth-order valence-electron chi connectivity index (χ4n) is 1.77. The highest BCUT2D eigenvalue weighted by Crippen LogP contribution is 2.20. The van der Waals surface area contributed by atoms with Crippen LogP contribution in [0.5, 0.6) is 0 Å². The molecule has 0 saturated carbocycles. The molecule has 1 aromatic carbocycles. The molecule has 0 amide bonds. The first-order valence-corrected chi connectivity index (χ1v) is 5.51. The maximum atomic E-state index is 10.6. The maximum absolute atomic E-state index is 10.6. The summed E-state index contributed by atoms with van der Waals surface area (Å²) in [6.45, 7) is 2.47. The monoisotopic (exact) mass is 226 g/mol. The lowest BCUT2D eigenvalue weighted by molar-refractivity contribution is 0.464. The average Bonchev–Trinajstić information content (AvgIpc) is 2.40. The van der Waals surface area contributed by atoms with Gasteiger partial charge in [0.05, 0.1) is 5.70 Å². The van der Waals surface area contributed by atoms with E-state index in [9.17, 15) is 4.91 Å². The Kier molecular flexibility index (Phi) is 3.50. The molecule has 86 valence electrons. The van der Waals surface area contributed by atoms with Crippen molar-refractivity contribution < 1.29 is 0 Å². The molecule has 0 radical (unpaired) electrons. The number of nitroso groups, excluding NO2 is 1. The van der Waals surface area contributed by atoms with Gasteiger partial charge in [0, 0.05) is 12.7 Å². The third-order valence-corrected chi connectivity index (χ3v) is 2.64. The summed E-state index contributed by atoms with van der Waals surface area (Å²) in [5, 5.41) is 3.01. The largest absolute Gasteiger partial charge is 0.342 e. The van der Waals surface area contributed by atoms with E-state index in [1.165, 1.54) is 5.56 Å². The Labute approximate surface area is 101 Å². The first kappa shape index (κ1) is 11.3. The van der Waals surface area contributed by atoms with Gasteiger partial charge in [-0.3, -0.25) is 0 Å². The van der Waals surface area contributed by atoms with Crippen LogP contribution in [0, 0.1) is 4.91 Å². The van der Waals surface area contributed by atoms with E-state index in [2.05, 4.69) is 17.3 Å². The zero-order valence-electron chi connectivity index (χ0n) is 9.71. The summed E-state index contributed by atoms with van der Waals surface area (Å²) in [5.74, 6) is 0. The molecule has 0 spiro atoms. The minimum atomic E-state index is 0.501. The second-order valence-electron chi connectivity index (χ2n) is 3.88. The third kappa shape index (κ3) is 2.69. The van der Waals surface area contributed by atoms with Gasteiger partial charge in [0.25, 0.3) is 0 Å². The van der Waals surface area contributed by atoms with Gasteiger partial charge in [0.2, 0.25) is 0 Å². The molecule has 0 aromatic heterocycles. The number of hydrogen-bond acceptors (Lipinski definition) is 3. The molecule has 0 bridgehead atoms. The van der Waals surface area contributed by atoms with E-state index in [1.54, 1.807) is 6.92 Å². The third-order valence-electron chi connectivity index (χ3n) is 2.64. The van der Waals surface area contributed by atoms with Crippen molar-refractivity contribution in [2.24, 2.45) is 5.18 Å². The summed E-state index contributed by atoms with van der Waals surface area (Å²) in [4.78, 5) is 12.6. The van der Waals surface area contributed by atoms with Crippen LogP contribution in [0.1, 0.15) is 12.5 Å². The quantitative estimate of drug-likeness (QED) is 0.738. The molecule has 0 fully saturated rings. The first-order valence-electron chi connectivity index (χ1n) is 5.51. The molecule has 1 aliphatic heterocycles. The second-order valence-corrected chi connectivity index (χ2v) is 3.88. The van der Waals surface area contributed by atoms with Gasteiger partial charge in [0.1, 0.15) is 5.70 Å². The number of hydrogen-bond donors (Lipinski definition) is 0. The Bertz CT molecular complexity index is 486. The summed E-state index contributed by atoms with van der Waals surface area (Å²) < 4.78 is 0. The molecule has 17 heavy (non-hydrogen) atoms. The molecule has 2 rings (SSSR count). The van der Waals surface area contributed by atoms with Crippen LogP contribution in [0.15, 0.2) is 71.3 Å². The van der Waals surface area contributed by atoms with Gasteiger partial charge in [-0.05, 0) is 29.8 Å². The topological polar surface area (TPSA) is 32.7 Å². The lowest BCUT2D eigenvalue weighted by Crippen LogP contribution is -2.17. The van der Waals surface area contributed by atoms with Gasteiger partial charge >= 0.3 is 0 Å². The van der Waals surface area contributed by atoms with E-state index in [1.807, 2.05) is 47.5 Å². The fourth-order valence-corrected chi connectivity index (χ4v) is 1.77. The molecule has 0 N–H and O–H groups in total. The normalized spacial score (nSPS) is 17.1. The van der Waals surface area contributed by atoms with Crippen LogP contribution in [-0.4, -0.2) is 4.90 Å². The van der Waals surface area contributed by atoms with E-state index in [4.69, 9.17) is 0 Å². The van der Waals surface area contributed by atoms with Crippen LogP contribution in [-0.2, 0) is 6.54 Å². The molecule has 1 aliphatic rings. The van der Waals surface area contributed by atoms with Crippen molar-refractivity contribution in [1.29, 1.82) is 0 Å².